The Kier molecular flexibility index (Phi) is 4.15. The number of carbonyl (C=O) groups excluding carboxylic acids is 1. The molecule has 0 aromatic carbocycles. The number of anilines is 1. The van der Waals surface area contributed by atoms with Crippen molar-refractivity contribution in [2.24, 2.45) is 0 Å². The Balaban J connectivity index is 1.44. The highest BCUT2D eigenvalue weighted by Crippen LogP contribution is 2.46. The molecule has 0 saturated carbocycles. The zero-order valence-electron chi connectivity index (χ0n) is 15.2. The van der Waals surface area contributed by atoms with Gasteiger partial charge in [-0.15, -0.1) is 11.3 Å². The minimum atomic E-state index is -0.0482. The van der Waals surface area contributed by atoms with E-state index in [0.29, 0.717) is 0 Å². The van der Waals surface area contributed by atoms with Crippen molar-refractivity contribution in [1.82, 2.24) is 9.88 Å². The van der Waals surface area contributed by atoms with Gasteiger partial charge in [0.05, 0.1) is 16.9 Å². The number of hydrogen-bond acceptors (Lipinski definition) is 5. The summed E-state index contributed by atoms with van der Waals surface area (Å²) in [6.45, 7) is 5.92. The summed E-state index contributed by atoms with van der Waals surface area (Å²) in [6, 6.07) is 8.09. The molecule has 6 heteroatoms. The number of pyridine rings is 1. The van der Waals surface area contributed by atoms with Crippen LogP contribution in [0.4, 0.5) is 5.69 Å². The van der Waals surface area contributed by atoms with Gasteiger partial charge in [0.1, 0.15) is 0 Å². The van der Waals surface area contributed by atoms with Gasteiger partial charge in [0, 0.05) is 41.5 Å². The average Bonchev–Trinajstić information content (AvgIpc) is 3.46. The fraction of sp³-hybridized carbons (Fsp3) is 0.333. The van der Waals surface area contributed by atoms with Crippen LogP contribution in [0.3, 0.4) is 0 Å². The van der Waals surface area contributed by atoms with Crippen LogP contribution in [-0.2, 0) is 12.0 Å². The Hall–Kier alpha value is -2.02. The predicted molar refractivity (Wildman–Crippen MR) is 111 cm³/mol. The minimum absolute atomic E-state index is 0.0482. The lowest BCUT2D eigenvalue weighted by atomic mass is 9.85. The van der Waals surface area contributed by atoms with E-state index >= 15 is 0 Å². The van der Waals surface area contributed by atoms with Gasteiger partial charge in [-0.05, 0) is 60.5 Å². The second-order valence-corrected chi connectivity index (χ2v) is 9.32. The first-order chi connectivity index (χ1) is 13.2. The molecular weight excluding hydrogens is 374 g/mol. The van der Waals surface area contributed by atoms with Gasteiger partial charge in [-0.1, -0.05) is 0 Å². The molecule has 1 atom stereocenters. The molecule has 2 aliphatic rings. The van der Waals surface area contributed by atoms with Gasteiger partial charge in [0.15, 0.2) is 0 Å². The zero-order chi connectivity index (χ0) is 18.4. The fourth-order valence-electron chi connectivity index (χ4n) is 4.39. The molecule has 1 saturated heterocycles. The van der Waals surface area contributed by atoms with Crippen molar-refractivity contribution < 1.29 is 4.79 Å². The highest BCUT2D eigenvalue weighted by atomic mass is 32.1. The molecule has 0 N–H and O–H groups in total. The molecule has 0 bridgehead atoms. The lowest BCUT2D eigenvalue weighted by molar-refractivity contribution is 0.0985. The van der Waals surface area contributed by atoms with Crippen molar-refractivity contribution in [2.75, 3.05) is 24.5 Å². The monoisotopic (exact) mass is 395 g/mol. The van der Waals surface area contributed by atoms with Crippen LogP contribution in [0, 0.1) is 6.92 Å². The number of carbonyl (C=O) groups is 1. The third-order valence-corrected chi connectivity index (χ3v) is 7.51. The number of amides is 1. The molecular formula is C21H21N3OS2. The van der Waals surface area contributed by atoms with Crippen LogP contribution in [0.2, 0.25) is 0 Å². The van der Waals surface area contributed by atoms with Crippen LogP contribution in [-0.4, -0.2) is 35.4 Å². The van der Waals surface area contributed by atoms with Crippen molar-refractivity contribution in [2.45, 2.75) is 25.3 Å². The standard InChI is InChI=1S/C21H21N3OS2/c1-15-4-10-27-18(15)11-23-8-6-21(13-23)14-24(17-3-2-7-22-19(17)21)20(25)16-5-9-26-12-16/h2-5,7,9-10,12H,6,8,11,13-14H2,1H3. The number of aryl methyl sites for hydroxylation is 1. The number of thiophene rings is 2. The Labute approximate surface area is 167 Å². The molecule has 0 aliphatic carbocycles. The molecule has 1 fully saturated rings. The summed E-state index contributed by atoms with van der Waals surface area (Å²) in [7, 11) is 0. The smallest absolute Gasteiger partial charge is 0.259 e. The summed E-state index contributed by atoms with van der Waals surface area (Å²) >= 11 is 3.40. The van der Waals surface area contributed by atoms with E-state index in [1.807, 2.05) is 51.4 Å². The number of fused-ring (bicyclic) bond motifs is 2. The van der Waals surface area contributed by atoms with E-state index in [-0.39, 0.29) is 11.3 Å². The molecule has 2 aliphatic heterocycles. The van der Waals surface area contributed by atoms with Crippen LogP contribution in [0.1, 0.15) is 32.9 Å². The predicted octanol–water partition coefficient (Wildman–Crippen LogP) is 4.32. The van der Waals surface area contributed by atoms with E-state index in [4.69, 9.17) is 4.98 Å². The number of rotatable bonds is 3. The van der Waals surface area contributed by atoms with E-state index in [9.17, 15) is 4.79 Å². The Morgan fingerprint density at radius 1 is 1.26 bits per heavy atom. The van der Waals surface area contributed by atoms with E-state index < -0.39 is 0 Å². The molecule has 0 radical (unpaired) electrons. The first-order valence-corrected chi connectivity index (χ1v) is 11.0. The molecule has 1 unspecified atom stereocenters. The second-order valence-electron chi connectivity index (χ2n) is 7.54. The first-order valence-electron chi connectivity index (χ1n) is 9.21. The summed E-state index contributed by atoms with van der Waals surface area (Å²) in [5, 5.41) is 6.07. The van der Waals surface area contributed by atoms with Gasteiger partial charge in [0.2, 0.25) is 0 Å². The molecule has 1 amide bonds. The Morgan fingerprint density at radius 2 is 2.19 bits per heavy atom. The van der Waals surface area contributed by atoms with Gasteiger partial charge in [0.25, 0.3) is 5.91 Å². The molecule has 5 rings (SSSR count). The summed E-state index contributed by atoms with van der Waals surface area (Å²) in [6.07, 6.45) is 2.92. The van der Waals surface area contributed by atoms with Crippen molar-refractivity contribution in [1.29, 1.82) is 0 Å². The van der Waals surface area contributed by atoms with E-state index in [0.717, 1.165) is 49.5 Å². The number of likely N-dealkylation sites (tertiary alicyclic amines) is 1. The Bertz CT molecular complexity index is 981. The maximum absolute atomic E-state index is 13.1. The first kappa shape index (κ1) is 17.1. The molecule has 1 spiro atoms. The zero-order valence-corrected chi connectivity index (χ0v) is 16.9. The second kappa shape index (κ2) is 6.55. The molecule has 3 aromatic heterocycles. The lowest BCUT2D eigenvalue weighted by Crippen LogP contribution is -2.39. The maximum atomic E-state index is 13.1. The summed E-state index contributed by atoms with van der Waals surface area (Å²) in [5.74, 6) is 0.0925. The largest absolute Gasteiger partial charge is 0.305 e. The van der Waals surface area contributed by atoms with Gasteiger partial charge >= 0.3 is 0 Å². The summed E-state index contributed by atoms with van der Waals surface area (Å²) in [5.41, 5.74) is 4.19. The molecule has 27 heavy (non-hydrogen) atoms. The number of nitrogens with zero attached hydrogens (tertiary/aromatic N) is 3. The topological polar surface area (TPSA) is 36.4 Å². The van der Waals surface area contributed by atoms with Gasteiger partial charge in [-0.3, -0.25) is 14.7 Å². The fourth-order valence-corrected chi connectivity index (χ4v) is 5.97. The SMILES string of the molecule is Cc1ccsc1CN1CCC2(C1)CN(C(=O)c1ccsc1)c1cccnc12. The highest BCUT2D eigenvalue weighted by molar-refractivity contribution is 7.10. The van der Waals surface area contributed by atoms with E-state index in [1.165, 1.54) is 10.4 Å². The van der Waals surface area contributed by atoms with Crippen LogP contribution in [0.5, 0.6) is 0 Å². The molecule has 5 heterocycles. The van der Waals surface area contributed by atoms with Crippen molar-refractivity contribution in [3.8, 4) is 0 Å². The van der Waals surface area contributed by atoms with Gasteiger partial charge < -0.3 is 4.90 Å². The molecule has 138 valence electrons. The van der Waals surface area contributed by atoms with Crippen molar-refractivity contribution >= 4 is 34.3 Å². The van der Waals surface area contributed by atoms with Gasteiger partial charge in [-0.25, -0.2) is 0 Å². The summed E-state index contributed by atoms with van der Waals surface area (Å²) < 4.78 is 0. The van der Waals surface area contributed by atoms with Crippen LogP contribution < -0.4 is 4.90 Å². The quantitative estimate of drug-likeness (QED) is 0.663. The van der Waals surface area contributed by atoms with E-state index in [2.05, 4.69) is 23.3 Å². The maximum Gasteiger partial charge on any atom is 0.259 e. The van der Waals surface area contributed by atoms with Crippen LogP contribution >= 0.6 is 22.7 Å². The minimum Gasteiger partial charge on any atom is -0.305 e. The third kappa shape index (κ3) is 2.83. The lowest BCUT2D eigenvalue weighted by Gasteiger charge is -2.25. The number of aromatic nitrogens is 1. The third-order valence-electron chi connectivity index (χ3n) is 5.82. The molecule has 4 nitrogen and oxygen atoms in total. The van der Waals surface area contributed by atoms with Crippen molar-refractivity contribution in [3.63, 3.8) is 0 Å². The van der Waals surface area contributed by atoms with Gasteiger partial charge in [-0.2, -0.15) is 11.3 Å². The number of hydrogen-bond donors (Lipinski definition) is 0. The van der Waals surface area contributed by atoms with Crippen LogP contribution in [0.15, 0.2) is 46.6 Å². The van der Waals surface area contributed by atoms with Crippen molar-refractivity contribution in [3.05, 3.63) is 68.3 Å². The Morgan fingerprint density at radius 3 is 2.96 bits per heavy atom. The van der Waals surface area contributed by atoms with E-state index in [1.54, 1.807) is 11.3 Å². The highest BCUT2D eigenvalue weighted by Gasteiger charge is 2.50. The molecule has 3 aromatic rings. The normalized spacial score (nSPS) is 21.9. The summed E-state index contributed by atoms with van der Waals surface area (Å²) in [4.78, 5) is 23.7. The van der Waals surface area contributed by atoms with Crippen LogP contribution in [0.25, 0.3) is 0 Å². The average molecular weight is 396 g/mol.